The Morgan fingerprint density at radius 3 is 2.69 bits per heavy atom. The van der Waals surface area contributed by atoms with Crippen LogP contribution in [0.15, 0.2) is 29.2 Å². The molecule has 1 aromatic carbocycles. The largest absolute Gasteiger partial charge is 0.487 e. The number of likely N-dealkylation sites (N-methyl/N-ethyl adjacent to an activating group) is 1. The fraction of sp³-hybridized carbons (Fsp3) is 0.680. The highest BCUT2D eigenvalue weighted by atomic mass is 32.2. The Morgan fingerprint density at radius 1 is 1.25 bits per heavy atom. The summed E-state index contributed by atoms with van der Waals surface area (Å²) in [6, 6.07) is 5.06. The standard InChI is InChI=1S/C25H38N2O4S/c1-18-14-27(19(2)17-28)32(29,30)25-12-11-22(21-7-5-4-6-8-21)13-23(25)31-24(18)16-26(3)15-20-9-10-20/h7,11-13,18-20,24,28H,4-6,8-10,14-17H2,1-3H3/t18-,19+,24+/m1/s1. The number of hydrogen-bond acceptors (Lipinski definition) is 5. The summed E-state index contributed by atoms with van der Waals surface area (Å²) in [4.78, 5) is 2.53. The molecule has 3 aliphatic rings. The van der Waals surface area contributed by atoms with Crippen molar-refractivity contribution in [3.63, 3.8) is 0 Å². The van der Waals surface area contributed by atoms with Gasteiger partial charge in [-0.2, -0.15) is 4.31 Å². The molecule has 0 bridgehead atoms. The van der Waals surface area contributed by atoms with Gasteiger partial charge in [-0.05, 0) is 81.7 Å². The predicted octanol–water partition coefficient (Wildman–Crippen LogP) is 3.75. The Balaban J connectivity index is 1.71. The van der Waals surface area contributed by atoms with Crippen LogP contribution in [0, 0.1) is 11.8 Å². The maximum atomic E-state index is 13.6. The van der Waals surface area contributed by atoms with E-state index in [2.05, 4.69) is 24.9 Å². The van der Waals surface area contributed by atoms with Crippen LogP contribution in [0.2, 0.25) is 0 Å². The van der Waals surface area contributed by atoms with Gasteiger partial charge in [-0.15, -0.1) is 0 Å². The molecule has 1 saturated carbocycles. The van der Waals surface area contributed by atoms with Crippen molar-refractivity contribution < 1.29 is 18.3 Å². The Morgan fingerprint density at radius 2 is 2.03 bits per heavy atom. The summed E-state index contributed by atoms with van der Waals surface area (Å²) in [6.07, 6.45) is 9.20. The monoisotopic (exact) mass is 462 g/mol. The summed E-state index contributed by atoms with van der Waals surface area (Å²) in [6.45, 7) is 5.76. The molecular weight excluding hydrogens is 424 g/mol. The highest BCUT2D eigenvalue weighted by Gasteiger charge is 2.38. The van der Waals surface area contributed by atoms with Gasteiger partial charge in [-0.1, -0.05) is 19.1 Å². The number of benzene rings is 1. The fourth-order valence-electron chi connectivity index (χ4n) is 4.87. The van der Waals surface area contributed by atoms with Crippen LogP contribution in [-0.4, -0.2) is 68.2 Å². The van der Waals surface area contributed by atoms with Gasteiger partial charge in [0.15, 0.2) is 0 Å². The topological polar surface area (TPSA) is 70.1 Å². The quantitative estimate of drug-likeness (QED) is 0.668. The second kappa shape index (κ2) is 9.84. The van der Waals surface area contributed by atoms with Crippen molar-refractivity contribution in [1.29, 1.82) is 0 Å². The van der Waals surface area contributed by atoms with Crippen LogP contribution < -0.4 is 4.74 Å². The van der Waals surface area contributed by atoms with Crippen LogP contribution in [0.1, 0.15) is 57.9 Å². The molecule has 1 aromatic rings. The second-order valence-corrected chi connectivity index (χ2v) is 11.9. The van der Waals surface area contributed by atoms with Crippen LogP contribution in [0.5, 0.6) is 5.75 Å². The van der Waals surface area contributed by atoms with Gasteiger partial charge in [-0.25, -0.2) is 8.42 Å². The molecule has 2 aliphatic carbocycles. The minimum Gasteiger partial charge on any atom is -0.487 e. The van der Waals surface area contributed by atoms with Gasteiger partial charge in [0.05, 0.1) is 6.61 Å². The normalized spacial score (nSPS) is 27.1. The number of aliphatic hydroxyl groups excluding tert-OH is 1. The number of sulfonamides is 1. The smallest absolute Gasteiger partial charge is 0.247 e. The third kappa shape index (κ3) is 5.22. The van der Waals surface area contributed by atoms with E-state index < -0.39 is 16.1 Å². The Kier molecular flexibility index (Phi) is 7.30. The number of nitrogens with zero attached hydrogens (tertiary/aromatic N) is 2. The average Bonchev–Trinajstić information content (AvgIpc) is 3.59. The number of allylic oxidation sites excluding steroid dienone is 2. The van der Waals surface area contributed by atoms with E-state index >= 15 is 0 Å². The molecule has 0 saturated heterocycles. The lowest BCUT2D eigenvalue weighted by Gasteiger charge is -2.37. The van der Waals surface area contributed by atoms with E-state index in [1.165, 1.54) is 29.1 Å². The lowest BCUT2D eigenvalue weighted by Crippen LogP contribution is -2.49. The van der Waals surface area contributed by atoms with E-state index in [-0.39, 0.29) is 23.5 Å². The first-order valence-electron chi connectivity index (χ1n) is 12.1. The zero-order chi connectivity index (χ0) is 22.9. The molecule has 1 aliphatic heterocycles. The highest BCUT2D eigenvalue weighted by Crippen LogP contribution is 2.37. The Labute approximate surface area is 193 Å². The lowest BCUT2D eigenvalue weighted by atomic mass is 9.93. The molecule has 0 radical (unpaired) electrons. The van der Waals surface area contributed by atoms with Crippen molar-refractivity contribution in [3.8, 4) is 5.75 Å². The Hall–Kier alpha value is -1.41. The van der Waals surface area contributed by atoms with Crippen molar-refractivity contribution in [2.45, 2.75) is 69.4 Å². The summed E-state index contributed by atoms with van der Waals surface area (Å²) in [5.41, 5.74) is 2.33. The molecule has 4 rings (SSSR count). The Bertz CT molecular complexity index is 941. The van der Waals surface area contributed by atoms with Crippen molar-refractivity contribution in [2.24, 2.45) is 11.8 Å². The highest BCUT2D eigenvalue weighted by molar-refractivity contribution is 7.89. The summed E-state index contributed by atoms with van der Waals surface area (Å²) in [5.74, 6) is 1.22. The van der Waals surface area contributed by atoms with Gasteiger partial charge in [-0.3, -0.25) is 0 Å². The first kappa shape index (κ1) is 23.7. The van der Waals surface area contributed by atoms with Crippen LogP contribution in [0.25, 0.3) is 5.57 Å². The summed E-state index contributed by atoms with van der Waals surface area (Å²) in [7, 11) is -1.65. The number of rotatable bonds is 7. The molecule has 0 unspecified atom stereocenters. The van der Waals surface area contributed by atoms with E-state index in [9.17, 15) is 13.5 Å². The van der Waals surface area contributed by atoms with Crippen LogP contribution in [0.4, 0.5) is 0 Å². The molecular formula is C25H38N2O4S. The number of hydrogen-bond donors (Lipinski definition) is 1. The van der Waals surface area contributed by atoms with Crippen LogP contribution in [-0.2, 0) is 10.0 Å². The molecule has 3 atom stereocenters. The molecule has 0 aromatic heterocycles. The fourth-order valence-corrected chi connectivity index (χ4v) is 6.69. The van der Waals surface area contributed by atoms with E-state index in [4.69, 9.17) is 4.74 Å². The average molecular weight is 463 g/mol. The molecule has 1 N–H and O–H groups in total. The zero-order valence-corrected chi connectivity index (χ0v) is 20.5. The van der Waals surface area contributed by atoms with Gasteiger partial charge in [0.1, 0.15) is 16.7 Å². The molecule has 32 heavy (non-hydrogen) atoms. The van der Waals surface area contributed by atoms with E-state index in [0.717, 1.165) is 43.8 Å². The van der Waals surface area contributed by atoms with Crippen molar-refractivity contribution in [2.75, 3.05) is 33.3 Å². The van der Waals surface area contributed by atoms with Gasteiger partial charge < -0.3 is 14.7 Å². The summed E-state index contributed by atoms with van der Waals surface area (Å²) < 4.78 is 35.2. The number of ether oxygens (including phenoxy) is 1. The third-order valence-electron chi connectivity index (χ3n) is 7.09. The molecule has 6 nitrogen and oxygen atoms in total. The predicted molar refractivity (Wildman–Crippen MR) is 127 cm³/mol. The minimum atomic E-state index is -3.78. The maximum Gasteiger partial charge on any atom is 0.247 e. The van der Waals surface area contributed by atoms with E-state index in [0.29, 0.717) is 12.3 Å². The van der Waals surface area contributed by atoms with Gasteiger partial charge >= 0.3 is 0 Å². The van der Waals surface area contributed by atoms with Crippen molar-refractivity contribution in [3.05, 3.63) is 29.8 Å². The van der Waals surface area contributed by atoms with Gasteiger partial charge in [0.25, 0.3) is 0 Å². The second-order valence-electron chi connectivity index (χ2n) is 10.0. The van der Waals surface area contributed by atoms with E-state index in [1.54, 1.807) is 13.0 Å². The maximum absolute atomic E-state index is 13.6. The first-order chi connectivity index (χ1) is 15.3. The third-order valence-corrected chi connectivity index (χ3v) is 9.11. The van der Waals surface area contributed by atoms with E-state index in [1.807, 2.05) is 12.1 Å². The molecule has 1 fully saturated rings. The summed E-state index contributed by atoms with van der Waals surface area (Å²) >= 11 is 0. The molecule has 0 amide bonds. The van der Waals surface area contributed by atoms with Gasteiger partial charge in [0.2, 0.25) is 10.0 Å². The lowest BCUT2D eigenvalue weighted by molar-refractivity contribution is 0.0740. The molecule has 178 valence electrons. The minimum absolute atomic E-state index is 0.00821. The SMILES string of the molecule is C[C@@H]1CN([C@@H](C)CO)S(=O)(=O)c2ccc(C3=CCCCC3)cc2O[C@H]1CN(C)CC1CC1. The number of fused-ring (bicyclic) bond motifs is 1. The van der Waals surface area contributed by atoms with Crippen LogP contribution in [0.3, 0.4) is 0 Å². The molecule has 7 heteroatoms. The molecule has 1 heterocycles. The van der Waals surface area contributed by atoms with Gasteiger partial charge in [0, 0.05) is 31.6 Å². The summed E-state index contributed by atoms with van der Waals surface area (Å²) in [5, 5.41) is 9.79. The number of aliphatic hydroxyl groups is 1. The first-order valence-corrected chi connectivity index (χ1v) is 13.5. The van der Waals surface area contributed by atoms with Crippen molar-refractivity contribution in [1.82, 2.24) is 9.21 Å². The van der Waals surface area contributed by atoms with Crippen LogP contribution >= 0.6 is 0 Å². The zero-order valence-electron chi connectivity index (χ0n) is 19.7. The molecule has 0 spiro atoms. The van der Waals surface area contributed by atoms with Crippen molar-refractivity contribution >= 4 is 15.6 Å².